The summed E-state index contributed by atoms with van der Waals surface area (Å²) < 4.78 is 13.6. The van der Waals surface area contributed by atoms with Crippen molar-refractivity contribution in [1.29, 1.82) is 0 Å². The second-order valence-corrected chi connectivity index (χ2v) is 11.7. The number of nitrogens with zero attached hydrogens (tertiary/aromatic N) is 1. The number of amides is 1. The highest BCUT2D eigenvalue weighted by molar-refractivity contribution is 6.32. The van der Waals surface area contributed by atoms with Crippen molar-refractivity contribution >= 4 is 28.5 Å². The number of ether oxygens (including phenoxy) is 2. The molecule has 1 aliphatic rings. The van der Waals surface area contributed by atoms with Crippen molar-refractivity contribution in [2.45, 2.75) is 51.3 Å². The SMILES string of the molecule is CC(C)(Cc1ccc(Oc2ccc(C(N)=O)cc2Cl)cc1)NC[C@H](O)COc1cccc2[nH]c(=O)n(CC3CC3)c12. The van der Waals surface area contributed by atoms with Gasteiger partial charge in [0.25, 0.3) is 0 Å². The van der Waals surface area contributed by atoms with Crippen LogP contribution < -0.4 is 26.2 Å². The number of nitrogens with one attached hydrogen (secondary N) is 2. The van der Waals surface area contributed by atoms with E-state index in [1.807, 2.05) is 42.5 Å². The van der Waals surface area contributed by atoms with Crippen molar-refractivity contribution in [1.82, 2.24) is 14.9 Å². The van der Waals surface area contributed by atoms with E-state index in [-0.39, 0.29) is 17.8 Å². The lowest BCUT2D eigenvalue weighted by Crippen LogP contribution is -2.46. The van der Waals surface area contributed by atoms with E-state index in [1.165, 1.54) is 6.07 Å². The monoisotopic (exact) mass is 578 g/mol. The molecule has 0 unspecified atom stereocenters. The van der Waals surface area contributed by atoms with Crippen molar-refractivity contribution < 1.29 is 19.4 Å². The molecule has 1 amide bonds. The van der Waals surface area contributed by atoms with Crippen LogP contribution in [0.5, 0.6) is 17.2 Å². The minimum atomic E-state index is -0.742. The molecule has 1 atom stereocenters. The van der Waals surface area contributed by atoms with Gasteiger partial charge in [0.2, 0.25) is 5.91 Å². The first-order valence-electron chi connectivity index (χ1n) is 13.7. The molecule has 9 nitrogen and oxygen atoms in total. The van der Waals surface area contributed by atoms with Gasteiger partial charge in [0, 0.05) is 24.2 Å². The van der Waals surface area contributed by atoms with E-state index in [0.29, 0.717) is 53.3 Å². The Bertz CT molecular complexity index is 1590. The molecule has 1 saturated carbocycles. The van der Waals surface area contributed by atoms with Gasteiger partial charge in [-0.05, 0) is 87.1 Å². The number of carbonyl (C=O) groups is 1. The summed E-state index contributed by atoms with van der Waals surface area (Å²) in [6.45, 7) is 5.26. The largest absolute Gasteiger partial charge is 0.489 e. The molecule has 0 radical (unpaired) electrons. The van der Waals surface area contributed by atoms with Crippen LogP contribution in [0.15, 0.2) is 65.5 Å². The average Bonchev–Trinajstić information content (AvgIpc) is 3.70. The van der Waals surface area contributed by atoms with Crippen LogP contribution in [-0.4, -0.2) is 45.4 Å². The van der Waals surface area contributed by atoms with Crippen LogP contribution in [0.25, 0.3) is 11.0 Å². The maximum Gasteiger partial charge on any atom is 0.326 e. The predicted molar refractivity (Wildman–Crippen MR) is 159 cm³/mol. The van der Waals surface area contributed by atoms with E-state index in [4.69, 9.17) is 26.8 Å². The van der Waals surface area contributed by atoms with Gasteiger partial charge in [0.1, 0.15) is 35.5 Å². The van der Waals surface area contributed by atoms with Gasteiger partial charge in [0.05, 0.1) is 10.5 Å². The molecule has 41 heavy (non-hydrogen) atoms. The number of carbonyl (C=O) groups excluding carboxylic acids is 1. The summed E-state index contributed by atoms with van der Waals surface area (Å²) in [4.78, 5) is 26.7. The van der Waals surface area contributed by atoms with Crippen molar-refractivity contribution in [3.63, 3.8) is 0 Å². The number of benzene rings is 3. The molecule has 1 fully saturated rings. The molecule has 1 heterocycles. The van der Waals surface area contributed by atoms with Gasteiger partial charge in [-0.15, -0.1) is 0 Å². The van der Waals surface area contributed by atoms with Gasteiger partial charge in [-0.2, -0.15) is 0 Å². The van der Waals surface area contributed by atoms with Crippen LogP contribution in [0.3, 0.4) is 0 Å². The molecule has 216 valence electrons. The Morgan fingerprint density at radius 2 is 1.93 bits per heavy atom. The molecule has 1 aliphatic carbocycles. The van der Waals surface area contributed by atoms with Crippen LogP contribution in [0.1, 0.15) is 42.6 Å². The number of aromatic amines is 1. The number of aliphatic hydroxyl groups is 1. The van der Waals surface area contributed by atoms with Crippen molar-refractivity contribution in [3.05, 3.63) is 87.3 Å². The zero-order valence-electron chi connectivity index (χ0n) is 23.2. The Kier molecular flexibility index (Phi) is 8.40. The summed E-state index contributed by atoms with van der Waals surface area (Å²) in [5, 5.41) is 14.4. The number of aromatic nitrogens is 2. The third-order valence-electron chi connectivity index (χ3n) is 7.15. The Balaban J connectivity index is 1.13. The second-order valence-electron chi connectivity index (χ2n) is 11.3. The van der Waals surface area contributed by atoms with Crippen LogP contribution in [0.2, 0.25) is 5.02 Å². The first-order chi connectivity index (χ1) is 19.6. The summed E-state index contributed by atoms with van der Waals surface area (Å²) in [6, 6.07) is 17.9. The number of aliphatic hydroxyl groups excluding tert-OH is 1. The van der Waals surface area contributed by atoms with E-state index in [0.717, 1.165) is 29.4 Å². The summed E-state index contributed by atoms with van der Waals surface area (Å²) in [7, 11) is 0. The Labute approximate surface area is 243 Å². The van der Waals surface area contributed by atoms with E-state index >= 15 is 0 Å². The second kappa shape index (κ2) is 12.0. The molecule has 0 spiro atoms. The topological polar surface area (TPSA) is 132 Å². The van der Waals surface area contributed by atoms with E-state index in [9.17, 15) is 14.7 Å². The highest BCUT2D eigenvalue weighted by atomic mass is 35.5. The fourth-order valence-electron chi connectivity index (χ4n) is 4.79. The normalized spacial score (nSPS) is 14.2. The van der Waals surface area contributed by atoms with Crippen LogP contribution >= 0.6 is 11.6 Å². The summed E-state index contributed by atoms with van der Waals surface area (Å²) >= 11 is 6.23. The van der Waals surface area contributed by atoms with Gasteiger partial charge in [-0.1, -0.05) is 29.8 Å². The van der Waals surface area contributed by atoms with E-state index in [2.05, 4.69) is 24.1 Å². The van der Waals surface area contributed by atoms with Gasteiger partial charge in [-0.3, -0.25) is 9.36 Å². The van der Waals surface area contributed by atoms with Crippen molar-refractivity contribution in [2.75, 3.05) is 13.2 Å². The molecule has 1 aromatic heterocycles. The number of hydrogen-bond donors (Lipinski definition) is 4. The standard InChI is InChI=1S/C31H35ClN4O5/c1-31(2,15-19-8-11-23(12-9-19)41-26-13-10-21(29(33)38)14-24(26)32)34-16-22(37)18-40-27-5-3-4-25-28(27)36(30(39)35-25)17-20-6-7-20/h3-5,8-14,20,22,34,37H,6-7,15-18H2,1-2H3,(H2,33,38)(H,35,39)/t22-/m0/s1. The molecule has 3 aromatic carbocycles. The molecule has 0 aliphatic heterocycles. The first-order valence-corrected chi connectivity index (χ1v) is 14.1. The number of para-hydroxylation sites is 1. The molecule has 5 N–H and O–H groups in total. The molecular formula is C31H35ClN4O5. The number of halogens is 1. The molecule has 4 aromatic rings. The number of primary amides is 1. The van der Waals surface area contributed by atoms with Gasteiger partial charge in [-0.25, -0.2) is 4.79 Å². The third kappa shape index (κ3) is 7.30. The predicted octanol–water partition coefficient (Wildman–Crippen LogP) is 4.63. The smallest absolute Gasteiger partial charge is 0.326 e. The van der Waals surface area contributed by atoms with Crippen LogP contribution in [0.4, 0.5) is 0 Å². The summed E-state index contributed by atoms with van der Waals surface area (Å²) in [6.07, 6.45) is 2.26. The van der Waals surface area contributed by atoms with Crippen molar-refractivity contribution in [3.8, 4) is 17.2 Å². The minimum absolute atomic E-state index is 0.0972. The van der Waals surface area contributed by atoms with Crippen LogP contribution in [0, 0.1) is 5.92 Å². The number of fused-ring (bicyclic) bond motifs is 1. The molecular weight excluding hydrogens is 544 g/mol. The Morgan fingerprint density at radius 1 is 1.17 bits per heavy atom. The van der Waals surface area contributed by atoms with E-state index in [1.54, 1.807) is 16.7 Å². The molecule has 10 heteroatoms. The van der Waals surface area contributed by atoms with Gasteiger partial charge < -0.3 is 30.6 Å². The lowest BCUT2D eigenvalue weighted by molar-refractivity contribution is 0.0993. The number of β-amino-alcohol motifs (C(OH)–C–C–N with tert-alkyl or cyclic N) is 1. The minimum Gasteiger partial charge on any atom is -0.489 e. The number of H-pyrrole nitrogens is 1. The lowest BCUT2D eigenvalue weighted by atomic mass is 9.94. The Morgan fingerprint density at radius 3 is 2.61 bits per heavy atom. The highest BCUT2D eigenvalue weighted by Gasteiger charge is 2.25. The van der Waals surface area contributed by atoms with Crippen LogP contribution in [-0.2, 0) is 13.0 Å². The molecule has 0 bridgehead atoms. The first kappa shape index (κ1) is 28.7. The van der Waals surface area contributed by atoms with E-state index < -0.39 is 12.0 Å². The molecule has 0 saturated heterocycles. The van der Waals surface area contributed by atoms with Gasteiger partial charge in [0.15, 0.2) is 0 Å². The zero-order chi connectivity index (χ0) is 29.1. The maximum absolute atomic E-state index is 12.5. The maximum atomic E-state index is 12.5. The fraction of sp³-hybridized carbons (Fsp3) is 0.355. The number of nitrogens with two attached hydrogens (primary N) is 1. The quantitative estimate of drug-likeness (QED) is 0.183. The lowest BCUT2D eigenvalue weighted by Gasteiger charge is -2.28. The number of rotatable bonds is 13. The fourth-order valence-corrected chi connectivity index (χ4v) is 5.01. The Hall–Kier alpha value is -3.79. The number of imidazole rings is 1. The zero-order valence-corrected chi connectivity index (χ0v) is 23.9. The average molecular weight is 579 g/mol. The third-order valence-corrected chi connectivity index (χ3v) is 7.45. The van der Waals surface area contributed by atoms with Crippen molar-refractivity contribution in [2.24, 2.45) is 11.7 Å². The molecule has 5 rings (SSSR count). The van der Waals surface area contributed by atoms with Gasteiger partial charge >= 0.3 is 5.69 Å². The summed E-state index contributed by atoms with van der Waals surface area (Å²) in [5.41, 5.74) is 7.75. The number of hydrogen-bond acceptors (Lipinski definition) is 6. The summed E-state index contributed by atoms with van der Waals surface area (Å²) in [5.74, 6) is 1.62. The highest BCUT2D eigenvalue weighted by Crippen LogP contribution is 2.33.